The van der Waals surface area contributed by atoms with E-state index in [1.807, 2.05) is 30.5 Å². The van der Waals surface area contributed by atoms with E-state index < -0.39 is 5.91 Å². The molecule has 4 rings (SSSR count). The first-order valence-corrected chi connectivity index (χ1v) is 8.73. The van der Waals surface area contributed by atoms with Crippen LogP contribution in [-0.4, -0.2) is 58.8 Å². The van der Waals surface area contributed by atoms with Crippen LogP contribution < -0.4 is 5.73 Å². The molecule has 3 heterocycles. The quantitative estimate of drug-likeness (QED) is 0.728. The van der Waals surface area contributed by atoms with Gasteiger partial charge in [0, 0.05) is 43.2 Å². The molecule has 1 aromatic carbocycles. The number of rotatable bonds is 5. The fourth-order valence-electron chi connectivity index (χ4n) is 3.30. The maximum atomic E-state index is 12.0. The SMILES string of the molecule is NC(=O)c1cc2cc(-c3cn[nH]c3)ccc2nc1CCN1CCOCC1. The van der Waals surface area contributed by atoms with Gasteiger partial charge < -0.3 is 10.5 Å². The summed E-state index contributed by atoms with van der Waals surface area (Å²) in [6.07, 6.45) is 4.29. The number of amides is 1. The zero-order valence-electron chi connectivity index (χ0n) is 14.4. The van der Waals surface area contributed by atoms with Gasteiger partial charge in [0.05, 0.1) is 36.2 Å². The summed E-state index contributed by atoms with van der Waals surface area (Å²) in [6, 6.07) is 7.84. The van der Waals surface area contributed by atoms with Gasteiger partial charge in [-0.05, 0) is 23.8 Å². The molecule has 1 amide bonds. The first-order chi connectivity index (χ1) is 12.7. The van der Waals surface area contributed by atoms with E-state index in [9.17, 15) is 4.79 Å². The lowest BCUT2D eigenvalue weighted by Gasteiger charge is -2.26. The number of benzene rings is 1. The lowest BCUT2D eigenvalue weighted by atomic mass is 10.0. The molecule has 0 saturated carbocycles. The largest absolute Gasteiger partial charge is 0.379 e. The zero-order chi connectivity index (χ0) is 17.9. The molecule has 3 aromatic rings. The van der Waals surface area contributed by atoms with E-state index in [0.29, 0.717) is 12.0 Å². The van der Waals surface area contributed by atoms with Crippen LogP contribution in [0.4, 0.5) is 0 Å². The van der Waals surface area contributed by atoms with Gasteiger partial charge in [-0.3, -0.25) is 19.8 Å². The van der Waals surface area contributed by atoms with E-state index in [4.69, 9.17) is 15.5 Å². The topological polar surface area (TPSA) is 97.1 Å². The molecule has 0 bridgehead atoms. The molecule has 0 unspecified atom stereocenters. The van der Waals surface area contributed by atoms with Gasteiger partial charge >= 0.3 is 0 Å². The summed E-state index contributed by atoms with van der Waals surface area (Å²) in [5.74, 6) is -0.440. The highest BCUT2D eigenvalue weighted by Gasteiger charge is 2.15. The third kappa shape index (κ3) is 3.44. The number of fused-ring (bicyclic) bond motifs is 1. The lowest BCUT2D eigenvalue weighted by Crippen LogP contribution is -2.37. The number of pyridine rings is 1. The van der Waals surface area contributed by atoms with E-state index in [1.54, 1.807) is 6.20 Å². The number of aromatic amines is 1. The van der Waals surface area contributed by atoms with E-state index in [1.165, 1.54) is 0 Å². The van der Waals surface area contributed by atoms with Crippen molar-refractivity contribution in [2.24, 2.45) is 5.73 Å². The van der Waals surface area contributed by atoms with Crippen LogP contribution in [0.3, 0.4) is 0 Å². The molecule has 0 aliphatic carbocycles. The number of carbonyl (C=O) groups is 1. The van der Waals surface area contributed by atoms with Crippen LogP contribution in [0, 0.1) is 0 Å². The predicted molar refractivity (Wildman–Crippen MR) is 98.8 cm³/mol. The number of nitrogens with zero attached hydrogens (tertiary/aromatic N) is 3. The Balaban J connectivity index is 1.65. The predicted octanol–water partition coefficient (Wildman–Crippen LogP) is 1.60. The highest BCUT2D eigenvalue weighted by atomic mass is 16.5. The molecule has 1 saturated heterocycles. The summed E-state index contributed by atoms with van der Waals surface area (Å²) < 4.78 is 5.38. The number of morpholine rings is 1. The monoisotopic (exact) mass is 351 g/mol. The third-order valence-electron chi connectivity index (χ3n) is 4.76. The Hall–Kier alpha value is -2.77. The molecule has 0 radical (unpaired) electrons. The number of primary amides is 1. The molecule has 1 fully saturated rings. The van der Waals surface area contributed by atoms with Gasteiger partial charge in [-0.25, -0.2) is 0 Å². The van der Waals surface area contributed by atoms with Crippen molar-refractivity contribution >= 4 is 16.8 Å². The van der Waals surface area contributed by atoms with Crippen molar-refractivity contribution in [2.75, 3.05) is 32.8 Å². The number of H-pyrrole nitrogens is 1. The van der Waals surface area contributed by atoms with Crippen molar-refractivity contribution in [3.63, 3.8) is 0 Å². The summed E-state index contributed by atoms with van der Waals surface area (Å²) in [6.45, 7) is 4.17. The summed E-state index contributed by atoms with van der Waals surface area (Å²) in [5.41, 5.74) is 9.74. The Morgan fingerprint density at radius 3 is 2.81 bits per heavy atom. The maximum absolute atomic E-state index is 12.0. The molecule has 1 aliphatic heterocycles. The minimum atomic E-state index is -0.440. The Kier molecular flexibility index (Phi) is 4.64. The van der Waals surface area contributed by atoms with Gasteiger partial charge in [0.15, 0.2) is 0 Å². The molecule has 0 spiro atoms. The van der Waals surface area contributed by atoms with Crippen LogP contribution >= 0.6 is 0 Å². The fourth-order valence-corrected chi connectivity index (χ4v) is 3.30. The number of aromatic nitrogens is 3. The second-order valence-corrected chi connectivity index (χ2v) is 6.45. The lowest BCUT2D eigenvalue weighted by molar-refractivity contribution is 0.0383. The van der Waals surface area contributed by atoms with Crippen molar-refractivity contribution < 1.29 is 9.53 Å². The Labute approximate surface area is 151 Å². The van der Waals surface area contributed by atoms with Gasteiger partial charge in [-0.1, -0.05) is 6.07 Å². The molecule has 1 aliphatic rings. The van der Waals surface area contributed by atoms with E-state index in [0.717, 1.165) is 60.6 Å². The number of hydrogen-bond donors (Lipinski definition) is 2. The van der Waals surface area contributed by atoms with Gasteiger partial charge in [-0.15, -0.1) is 0 Å². The Morgan fingerprint density at radius 1 is 1.23 bits per heavy atom. The van der Waals surface area contributed by atoms with Crippen LogP contribution in [-0.2, 0) is 11.2 Å². The maximum Gasteiger partial charge on any atom is 0.250 e. The standard InChI is InChI=1S/C19H21N5O2/c20-19(25)16-10-14-9-13(15-11-21-22-12-15)1-2-17(14)23-18(16)3-4-24-5-7-26-8-6-24/h1-2,9-12H,3-8H2,(H2,20,25)(H,21,22). The molecule has 7 nitrogen and oxygen atoms in total. The molecular weight excluding hydrogens is 330 g/mol. The molecule has 0 atom stereocenters. The fraction of sp³-hybridized carbons (Fsp3) is 0.316. The Morgan fingerprint density at radius 2 is 2.08 bits per heavy atom. The highest BCUT2D eigenvalue weighted by molar-refractivity contribution is 5.98. The van der Waals surface area contributed by atoms with Gasteiger partial charge in [-0.2, -0.15) is 5.10 Å². The number of ether oxygens (including phenoxy) is 1. The third-order valence-corrected chi connectivity index (χ3v) is 4.76. The van der Waals surface area contributed by atoms with E-state index >= 15 is 0 Å². The van der Waals surface area contributed by atoms with Crippen LogP contribution in [0.15, 0.2) is 36.7 Å². The van der Waals surface area contributed by atoms with Gasteiger partial charge in [0.2, 0.25) is 0 Å². The van der Waals surface area contributed by atoms with Crippen molar-refractivity contribution in [1.82, 2.24) is 20.1 Å². The molecular formula is C19H21N5O2. The first kappa shape index (κ1) is 16.7. The van der Waals surface area contributed by atoms with E-state index in [2.05, 4.69) is 15.1 Å². The molecule has 2 aromatic heterocycles. The number of nitrogens with two attached hydrogens (primary N) is 1. The average molecular weight is 351 g/mol. The molecule has 7 heteroatoms. The smallest absolute Gasteiger partial charge is 0.250 e. The van der Waals surface area contributed by atoms with Gasteiger partial charge in [0.25, 0.3) is 5.91 Å². The van der Waals surface area contributed by atoms with Crippen molar-refractivity contribution in [3.05, 3.63) is 47.9 Å². The summed E-state index contributed by atoms with van der Waals surface area (Å²) in [7, 11) is 0. The molecule has 26 heavy (non-hydrogen) atoms. The number of carbonyl (C=O) groups excluding carboxylic acids is 1. The summed E-state index contributed by atoms with van der Waals surface area (Å²) >= 11 is 0. The van der Waals surface area contributed by atoms with Crippen molar-refractivity contribution in [2.45, 2.75) is 6.42 Å². The molecule has 3 N–H and O–H groups in total. The summed E-state index contributed by atoms with van der Waals surface area (Å²) in [5, 5.41) is 7.68. The first-order valence-electron chi connectivity index (χ1n) is 8.73. The average Bonchev–Trinajstić information content (AvgIpc) is 3.20. The normalized spacial score (nSPS) is 15.4. The number of hydrogen-bond acceptors (Lipinski definition) is 5. The Bertz CT molecular complexity index is 917. The zero-order valence-corrected chi connectivity index (χ0v) is 14.4. The van der Waals surface area contributed by atoms with Crippen molar-refractivity contribution in [1.29, 1.82) is 0 Å². The minimum Gasteiger partial charge on any atom is -0.379 e. The van der Waals surface area contributed by atoms with E-state index in [-0.39, 0.29) is 0 Å². The highest BCUT2D eigenvalue weighted by Crippen LogP contribution is 2.24. The van der Waals surface area contributed by atoms with Gasteiger partial charge in [0.1, 0.15) is 0 Å². The second-order valence-electron chi connectivity index (χ2n) is 6.45. The van der Waals surface area contributed by atoms with Crippen LogP contribution in [0.25, 0.3) is 22.0 Å². The van der Waals surface area contributed by atoms with Crippen LogP contribution in [0.5, 0.6) is 0 Å². The van der Waals surface area contributed by atoms with Crippen LogP contribution in [0.2, 0.25) is 0 Å². The second kappa shape index (κ2) is 7.23. The summed E-state index contributed by atoms with van der Waals surface area (Å²) in [4.78, 5) is 19.0. The molecule has 134 valence electrons. The van der Waals surface area contributed by atoms with Crippen LogP contribution in [0.1, 0.15) is 16.1 Å². The minimum absolute atomic E-state index is 0.440. The van der Waals surface area contributed by atoms with Crippen molar-refractivity contribution in [3.8, 4) is 11.1 Å². The number of nitrogens with one attached hydrogen (secondary N) is 1.